The monoisotopic (exact) mass is 284 g/mol. The lowest BCUT2D eigenvalue weighted by atomic mass is 9.73. The van der Waals surface area contributed by atoms with Crippen LogP contribution in [-0.2, 0) is 14.3 Å². The Kier molecular flexibility index (Phi) is 5.41. The molecule has 1 amide bonds. The summed E-state index contributed by atoms with van der Waals surface area (Å²) in [6.07, 6.45) is 3.36. The van der Waals surface area contributed by atoms with Crippen LogP contribution >= 0.6 is 0 Å². The number of carbonyl (C=O) groups excluding carboxylic acids is 1. The van der Waals surface area contributed by atoms with Crippen LogP contribution in [0.1, 0.15) is 26.2 Å². The van der Waals surface area contributed by atoms with Gasteiger partial charge in [0.1, 0.15) is 0 Å². The molecule has 0 aromatic heterocycles. The maximum Gasteiger partial charge on any atom is 0.236 e. The van der Waals surface area contributed by atoms with Crippen LogP contribution in [-0.4, -0.2) is 75.4 Å². The van der Waals surface area contributed by atoms with Gasteiger partial charge in [0.2, 0.25) is 5.91 Å². The number of likely N-dealkylation sites (tertiary alicyclic amines) is 1. The van der Waals surface area contributed by atoms with E-state index in [0.717, 1.165) is 45.6 Å². The summed E-state index contributed by atoms with van der Waals surface area (Å²) in [5, 5.41) is 0. The Hall–Kier alpha value is -0.650. The van der Waals surface area contributed by atoms with Crippen LogP contribution in [0.15, 0.2) is 0 Å². The van der Waals surface area contributed by atoms with Gasteiger partial charge in [-0.15, -0.1) is 0 Å². The first kappa shape index (κ1) is 15.7. The van der Waals surface area contributed by atoms with Gasteiger partial charge in [-0.05, 0) is 40.3 Å². The molecule has 5 nitrogen and oxygen atoms in total. The Balaban J connectivity index is 2.04. The first-order valence-corrected chi connectivity index (χ1v) is 7.69. The number of nitrogens with zero attached hydrogens (tertiary/aromatic N) is 2. The highest BCUT2D eigenvalue weighted by Gasteiger charge is 2.47. The third-order valence-electron chi connectivity index (χ3n) is 4.39. The minimum absolute atomic E-state index is 0.00842. The van der Waals surface area contributed by atoms with Crippen LogP contribution in [0.3, 0.4) is 0 Å². The van der Waals surface area contributed by atoms with Gasteiger partial charge in [-0.3, -0.25) is 4.79 Å². The summed E-state index contributed by atoms with van der Waals surface area (Å²) in [6, 6.07) is 0. The second-order valence-corrected chi connectivity index (χ2v) is 6.30. The van der Waals surface area contributed by atoms with E-state index < -0.39 is 0 Å². The van der Waals surface area contributed by atoms with Gasteiger partial charge in [0.15, 0.2) is 0 Å². The summed E-state index contributed by atoms with van der Waals surface area (Å²) in [6.45, 7) is 6.38. The average molecular weight is 284 g/mol. The van der Waals surface area contributed by atoms with Crippen LogP contribution < -0.4 is 0 Å². The molecule has 0 N–H and O–H groups in total. The van der Waals surface area contributed by atoms with Crippen LogP contribution in [0, 0.1) is 5.41 Å². The van der Waals surface area contributed by atoms with Gasteiger partial charge in [-0.25, -0.2) is 0 Å². The average Bonchev–Trinajstić information content (AvgIpc) is 2.43. The van der Waals surface area contributed by atoms with Gasteiger partial charge in [0.05, 0.1) is 19.3 Å². The summed E-state index contributed by atoms with van der Waals surface area (Å²) in [7, 11) is 3.87. The number of amides is 1. The zero-order valence-electron chi connectivity index (χ0n) is 13.1. The first-order chi connectivity index (χ1) is 9.57. The molecule has 2 aliphatic rings. The van der Waals surface area contributed by atoms with E-state index in [4.69, 9.17) is 9.47 Å². The van der Waals surface area contributed by atoms with Crippen LogP contribution in [0.4, 0.5) is 0 Å². The number of fused-ring (bicyclic) bond motifs is 1. The summed E-state index contributed by atoms with van der Waals surface area (Å²) in [4.78, 5) is 16.2. The molecule has 20 heavy (non-hydrogen) atoms. The minimum Gasteiger partial charge on any atom is -0.381 e. The maximum atomic E-state index is 12.3. The quantitative estimate of drug-likeness (QED) is 0.755. The summed E-state index contributed by atoms with van der Waals surface area (Å²) < 4.78 is 11.7. The molecule has 2 heterocycles. The lowest BCUT2D eigenvalue weighted by Crippen LogP contribution is -2.58. The SMILES string of the molecule is CCOC[C@]12CCCO[C@@H]1CCN(C(=O)CN(C)C)C2. The largest absolute Gasteiger partial charge is 0.381 e. The number of hydrogen-bond donors (Lipinski definition) is 0. The molecule has 0 aromatic carbocycles. The fourth-order valence-electron chi connectivity index (χ4n) is 3.39. The second kappa shape index (κ2) is 6.87. The number of rotatable bonds is 5. The van der Waals surface area contributed by atoms with Crippen molar-refractivity contribution in [3.05, 3.63) is 0 Å². The highest BCUT2D eigenvalue weighted by molar-refractivity contribution is 5.78. The normalized spacial score (nSPS) is 30.4. The van der Waals surface area contributed by atoms with Gasteiger partial charge in [0, 0.05) is 31.7 Å². The van der Waals surface area contributed by atoms with Crippen molar-refractivity contribution < 1.29 is 14.3 Å². The molecule has 2 atom stereocenters. The van der Waals surface area contributed by atoms with E-state index >= 15 is 0 Å². The molecule has 116 valence electrons. The van der Waals surface area contributed by atoms with Crippen molar-refractivity contribution in [1.82, 2.24) is 9.80 Å². The van der Waals surface area contributed by atoms with Crippen LogP contribution in [0.5, 0.6) is 0 Å². The highest BCUT2D eigenvalue weighted by atomic mass is 16.5. The highest BCUT2D eigenvalue weighted by Crippen LogP contribution is 2.40. The molecule has 2 aliphatic heterocycles. The lowest BCUT2D eigenvalue weighted by Gasteiger charge is -2.50. The van der Waals surface area contributed by atoms with E-state index in [1.165, 1.54) is 0 Å². The summed E-state index contributed by atoms with van der Waals surface area (Å²) in [5.41, 5.74) is 0.00842. The molecule has 0 saturated carbocycles. The molecule has 0 aliphatic carbocycles. The first-order valence-electron chi connectivity index (χ1n) is 7.69. The Labute approximate surface area is 122 Å². The van der Waals surface area contributed by atoms with E-state index in [2.05, 4.69) is 0 Å². The molecule has 0 bridgehead atoms. The predicted molar refractivity (Wildman–Crippen MR) is 77.7 cm³/mol. The van der Waals surface area contributed by atoms with Gasteiger partial charge >= 0.3 is 0 Å². The van der Waals surface area contributed by atoms with Crippen molar-refractivity contribution in [3.63, 3.8) is 0 Å². The summed E-state index contributed by atoms with van der Waals surface area (Å²) >= 11 is 0. The van der Waals surface area contributed by atoms with Crippen molar-refractivity contribution in [3.8, 4) is 0 Å². The number of ether oxygens (including phenoxy) is 2. The molecule has 0 radical (unpaired) electrons. The van der Waals surface area contributed by atoms with E-state index in [1.807, 2.05) is 30.8 Å². The fourth-order valence-corrected chi connectivity index (χ4v) is 3.39. The predicted octanol–water partition coefficient (Wildman–Crippen LogP) is 0.982. The Bertz CT molecular complexity index is 335. The van der Waals surface area contributed by atoms with Crippen molar-refractivity contribution in [1.29, 1.82) is 0 Å². The molecule has 0 spiro atoms. The topological polar surface area (TPSA) is 42.0 Å². The van der Waals surface area contributed by atoms with E-state index in [1.54, 1.807) is 0 Å². The maximum absolute atomic E-state index is 12.3. The fraction of sp³-hybridized carbons (Fsp3) is 0.933. The molecule has 2 rings (SSSR count). The molecule has 0 unspecified atom stereocenters. The zero-order valence-corrected chi connectivity index (χ0v) is 13.1. The number of likely N-dealkylation sites (N-methyl/N-ethyl adjacent to an activating group) is 1. The van der Waals surface area contributed by atoms with Crippen molar-refractivity contribution in [2.24, 2.45) is 5.41 Å². The summed E-state index contributed by atoms with van der Waals surface area (Å²) in [5.74, 6) is 0.217. The van der Waals surface area contributed by atoms with Crippen LogP contribution in [0.2, 0.25) is 0 Å². The number of piperidine rings is 1. The third kappa shape index (κ3) is 3.51. The number of hydrogen-bond acceptors (Lipinski definition) is 4. The standard InChI is InChI=1S/C15H28N2O3/c1-4-19-12-15-7-5-9-20-13(15)6-8-17(11-15)14(18)10-16(2)3/h13H,4-12H2,1-3H3/t13-,15-/m1/s1. The second-order valence-electron chi connectivity index (χ2n) is 6.30. The van der Waals surface area contributed by atoms with Gasteiger partial charge < -0.3 is 19.3 Å². The molecular formula is C15H28N2O3. The van der Waals surface area contributed by atoms with E-state index in [0.29, 0.717) is 13.2 Å². The van der Waals surface area contributed by atoms with Crippen molar-refractivity contribution >= 4 is 5.91 Å². The Morgan fingerprint density at radius 2 is 2.30 bits per heavy atom. The van der Waals surface area contributed by atoms with Crippen molar-refractivity contribution in [2.75, 3.05) is 53.6 Å². The zero-order chi connectivity index (χ0) is 14.6. The Morgan fingerprint density at radius 3 is 3.00 bits per heavy atom. The lowest BCUT2D eigenvalue weighted by molar-refractivity contribution is -0.164. The van der Waals surface area contributed by atoms with E-state index in [-0.39, 0.29) is 17.4 Å². The van der Waals surface area contributed by atoms with Gasteiger partial charge in [-0.2, -0.15) is 0 Å². The smallest absolute Gasteiger partial charge is 0.236 e. The van der Waals surface area contributed by atoms with Crippen LogP contribution in [0.25, 0.3) is 0 Å². The molecule has 5 heteroatoms. The molecule has 2 saturated heterocycles. The van der Waals surface area contributed by atoms with Crippen molar-refractivity contribution in [2.45, 2.75) is 32.3 Å². The molecule has 2 fully saturated rings. The van der Waals surface area contributed by atoms with Gasteiger partial charge in [0.25, 0.3) is 0 Å². The number of carbonyl (C=O) groups is 1. The minimum atomic E-state index is 0.00842. The molecule has 0 aromatic rings. The third-order valence-corrected chi connectivity index (χ3v) is 4.39. The van der Waals surface area contributed by atoms with E-state index in [9.17, 15) is 4.79 Å². The Morgan fingerprint density at radius 1 is 1.50 bits per heavy atom. The van der Waals surface area contributed by atoms with Gasteiger partial charge in [-0.1, -0.05) is 0 Å². The molecular weight excluding hydrogens is 256 g/mol.